The van der Waals surface area contributed by atoms with Gasteiger partial charge in [-0.25, -0.2) is 5.01 Å². The molecular weight excluding hydrogens is 368 g/mol. The van der Waals surface area contributed by atoms with Crippen LogP contribution in [0.3, 0.4) is 0 Å². The smallest absolute Gasteiger partial charge is 0.271 e. The third-order valence-corrected chi connectivity index (χ3v) is 4.92. The molecular formula is C22H22N4O3. The van der Waals surface area contributed by atoms with Crippen LogP contribution in [0.5, 0.6) is 0 Å². The lowest BCUT2D eigenvalue weighted by atomic mass is 9.93. The van der Waals surface area contributed by atoms with E-state index in [1.807, 2.05) is 50.2 Å². The minimum atomic E-state index is -0.531. The zero-order chi connectivity index (χ0) is 21.0. The van der Waals surface area contributed by atoms with E-state index in [0.717, 1.165) is 12.8 Å². The Morgan fingerprint density at radius 3 is 2.66 bits per heavy atom. The maximum absolute atomic E-state index is 12.8. The molecule has 1 aliphatic rings. The molecule has 1 heterocycles. The first kappa shape index (κ1) is 20.2. The molecule has 3 rings (SSSR count). The number of nitro benzene ring substituents is 1. The molecule has 2 aromatic rings. The van der Waals surface area contributed by atoms with Gasteiger partial charge >= 0.3 is 0 Å². The number of carbonyl (C=O) groups excluding carboxylic acids is 1. The van der Waals surface area contributed by atoms with Crippen molar-refractivity contribution < 1.29 is 9.72 Å². The minimum Gasteiger partial charge on any atom is -0.273 e. The van der Waals surface area contributed by atoms with Crippen molar-refractivity contribution in [3.8, 4) is 6.07 Å². The van der Waals surface area contributed by atoms with Gasteiger partial charge in [0, 0.05) is 30.5 Å². The highest BCUT2D eigenvalue weighted by Crippen LogP contribution is 2.31. The number of nitro groups is 1. The number of amides is 1. The van der Waals surface area contributed by atoms with E-state index in [-0.39, 0.29) is 17.2 Å². The second-order valence-corrected chi connectivity index (χ2v) is 7.72. The predicted molar refractivity (Wildman–Crippen MR) is 109 cm³/mol. The first-order valence-electron chi connectivity index (χ1n) is 9.44. The number of hydrazone groups is 1. The summed E-state index contributed by atoms with van der Waals surface area (Å²) in [5.41, 5.74) is 1.77. The molecule has 0 fully saturated rings. The van der Waals surface area contributed by atoms with Crippen molar-refractivity contribution >= 4 is 17.3 Å². The van der Waals surface area contributed by atoms with Crippen LogP contribution in [-0.4, -0.2) is 27.1 Å². The Bertz CT molecular complexity index is 1010. The fourth-order valence-corrected chi connectivity index (χ4v) is 3.47. The summed E-state index contributed by atoms with van der Waals surface area (Å²) in [5, 5.41) is 26.3. The van der Waals surface area contributed by atoms with Crippen LogP contribution in [-0.2, 0) is 11.2 Å². The van der Waals surface area contributed by atoms with E-state index in [1.165, 1.54) is 22.7 Å². The molecule has 0 atom stereocenters. The van der Waals surface area contributed by atoms with Gasteiger partial charge in [-0.1, -0.05) is 30.3 Å². The number of benzene rings is 2. The maximum Gasteiger partial charge on any atom is 0.271 e. The molecule has 2 aromatic carbocycles. The average Bonchev–Trinajstić information content (AvgIpc) is 3.03. The molecule has 0 aliphatic carbocycles. The van der Waals surface area contributed by atoms with Crippen LogP contribution < -0.4 is 0 Å². The average molecular weight is 390 g/mol. The van der Waals surface area contributed by atoms with Crippen LogP contribution in [0.15, 0.2) is 53.6 Å². The first-order chi connectivity index (χ1) is 13.8. The van der Waals surface area contributed by atoms with E-state index >= 15 is 0 Å². The van der Waals surface area contributed by atoms with Crippen molar-refractivity contribution in [2.75, 3.05) is 0 Å². The summed E-state index contributed by atoms with van der Waals surface area (Å²) in [5.74, 6) is -0.0770. The van der Waals surface area contributed by atoms with E-state index in [2.05, 4.69) is 5.10 Å². The molecule has 7 heteroatoms. The molecule has 0 aromatic heterocycles. The summed E-state index contributed by atoms with van der Waals surface area (Å²) < 4.78 is 0. The zero-order valence-corrected chi connectivity index (χ0v) is 16.5. The standard InChI is InChI=1S/C22H22N4O3/c1-22(2)14-20(18-11-17(15-23)12-19(13-18)26(28)29)24-25(22)21(27)10-6-9-16-7-4-3-5-8-16/h3-5,7-8,11-13H,6,9-10,14H2,1-2H3. The van der Waals surface area contributed by atoms with Crippen LogP contribution in [0.25, 0.3) is 0 Å². The topological polar surface area (TPSA) is 99.6 Å². The number of rotatable bonds is 6. The van der Waals surface area contributed by atoms with Gasteiger partial charge in [-0.15, -0.1) is 0 Å². The fourth-order valence-electron chi connectivity index (χ4n) is 3.47. The largest absolute Gasteiger partial charge is 0.273 e. The Morgan fingerprint density at radius 2 is 2.00 bits per heavy atom. The van der Waals surface area contributed by atoms with Crippen molar-refractivity contribution in [1.82, 2.24) is 5.01 Å². The van der Waals surface area contributed by atoms with Crippen molar-refractivity contribution in [2.24, 2.45) is 5.10 Å². The number of carbonyl (C=O) groups is 1. The zero-order valence-electron chi connectivity index (χ0n) is 16.5. The number of non-ortho nitro benzene ring substituents is 1. The van der Waals surface area contributed by atoms with Gasteiger partial charge in [-0.2, -0.15) is 10.4 Å². The Balaban J connectivity index is 1.77. The van der Waals surface area contributed by atoms with Gasteiger partial charge in [0.15, 0.2) is 0 Å². The normalized spacial score (nSPS) is 14.9. The maximum atomic E-state index is 12.8. The first-order valence-corrected chi connectivity index (χ1v) is 9.44. The highest BCUT2D eigenvalue weighted by Gasteiger charge is 2.38. The van der Waals surface area contributed by atoms with Crippen LogP contribution in [0, 0.1) is 21.4 Å². The SMILES string of the molecule is CC1(C)CC(c2cc(C#N)cc([N+](=O)[O-])c2)=NN1C(=O)CCCc1ccccc1. The predicted octanol–water partition coefficient (Wildman–Crippen LogP) is 4.20. The molecule has 1 amide bonds. The molecule has 0 bridgehead atoms. The van der Waals surface area contributed by atoms with Gasteiger partial charge in [-0.05, 0) is 38.3 Å². The lowest BCUT2D eigenvalue weighted by molar-refractivity contribution is -0.384. The molecule has 0 saturated carbocycles. The van der Waals surface area contributed by atoms with Gasteiger partial charge in [0.05, 0.1) is 27.8 Å². The van der Waals surface area contributed by atoms with E-state index in [9.17, 15) is 14.9 Å². The molecule has 0 unspecified atom stereocenters. The van der Waals surface area contributed by atoms with Gasteiger partial charge in [-0.3, -0.25) is 14.9 Å². The second-order valence-electron chi connectivity index (χ2n) is 7.72. The van der Waals surface area contributed by atoms with Gasteiger partial charge in [0.1, 0.15) is 0 Å². The van der Waals surface area contributed by atoms with Crippen LogP contribution in [0.1, 0.15) is 49.8 Å². The molecule has 7 nitrogen and oxygen atoms in total. The molecule has 1 aliphatic heterocycles. The van der Waals surface area contributed by atoms with E-state index in [4.69, 9.17) is 5.26 Å². The Labute approximate surface area is 169 Å². The summed E-state index contributed by atoms with van der Waals surface area (Å²) in [6.07, 6.45) is 2.36. The van der Waals surface area contributed by atoms with Crippen LogP contribution >= 0.6 is 0 Å². The molecule has 0 saturated heterocycles. The highest BCUT2D eigenvalue weighted by atomic mass is 16.6. The molecule has 0 radical (unpaired) electrons. The summed E-state index contributed by atoms with van der Waals surface area (Å²) in [7, 11) is 0. The van der Waals surface area contributed by atoms with Gasteiger partial charge < -0.3 is 0 Å². The summed E-state index contributed by atoms with van der Waals surface area (Å²) in [6.45, 7) is 3.84. The van der Waals surface area contributed by atoms with Gasteiger partial charge in [0.2, 0.25) is 5.91 Å². The molecule has 29 heavy (non-hydrogen) atoms. The fraction of sp³-hybridized carbons (Fsp3) is 0.318. The number of nitrogens with zero attached hydrogens (tertiary/aromatic N) is 4. The second kappa shape index (κ2) is 8.23. The number of hydrogen-bond donors (Lipinski definition) is 0. The summed E-state index contributed by atoms with van der Waals surface area (Å²) >= 11 is 0. The lowest BCUT2D eigenvalue weighted by Crippen LogP contribution is -2.40. The van der Waals surface area contributed by atoms with Crippen molar-refractivity contribution in [2.45, 2.75) is 45.1 Å². The minimum absolute atomic E-state index is 0.0770. The van der Waals surface area contributed by atoms with E-state index in [1.54, 1.807) is 6.07 Å². The van der Waals surface area contributed by atoms with E-state index in [0.29, 0.717) is 24.1 Å². The van der Waals surface area contributed by atoms with Crippen molar-refractivity contribution in [1.29, 1.82) is 5.26 Å². The summed E-state index contributed by atoms with van der Waals surface area (Å²) in [6, 6.07) is 16.1. The van der Waals surface area contributed by atoms with Crippen molar-refractivity contribution in [3.05, 3.63) is 75.3 Å². The quantitative estimate of drug-likeness (QED) is 0.545. The number of aryl methyl sites for hydroxylation is 1. The number of nitriles is 1. The highest BCUT2D eigenvalue weighted by molar-refractivity contribution is 6.04. The number of hydrogen-bond acceptors (Lipinski definition) is 5. The molecule has 0 N–H and O–H groups in total. The molecule has 0 spiro atoms. The van der Waals surface area contributed by atoms with Crippen LogP contribution in [0.4, 0.5) is 5.69 Å². The Kier molecular flexibility index (Phi) is 5.74. The van der Waals surface area contributed by atoms with Gasteiger partial charge in [0.25, 0.3) is 5.69 Å². The monoisotopic (exact) mass is 390 g/mol. The summed E-state index contributed by atoms with van der Waals surface area (Å²) in [4.78, 5) is 23.4. The third kappa shape index (κ3) is 4.66. The third-order valence-electron chi connectivity index (χ3n) is 4.92. The lowest BCUT2D eigenvalue weighted by Gasteiger charge is -2.28. The van der Waals surface area contributed by atoms with E-state index < -0.39 is 10.5 Å². The van der Waals surface area contributed by atoms with Crippen LogP contribution in [0.2, 0.25) is 0 Å². The molecule has 148 valence electrons. The Hall–Kier alpha value is -3.53. The van der Waals surface area contributed by atoms with Crippen molar-refractivity contribution in [3.63, 3.8) is 0 Å². The Morgan fingerprint density at radius 1 is 1.28 bits per heavy atom.